The smallest absolute Gasteiger partial charge is 0.227 e. The van der Waals surface area contributed by atoms with E-state index in [4.69, 9.17) is 0 Å². The number of ketones is 1. The second-order valence-corrected chi connectivity index (χ2v) is 6.28. The van der Waals surface area contributed by atoms with E-state index in [2.05, 4.69) is 10.2 Å². The molecular formula is C18H25N3O2. The molecule has 0 saturated carbocycles. The van der Waals surface area contributed by atoms with Crippen LogP contribution in [0.15, 0.2) is 24.3 Å². The van der Waals surface area contributed by atoms with Gasteiger partial charge in [-0.2, -0.15) is 0 Å². The Morgan fingerprint density at radius 3 is 2.52 bits per heavy atom. The number of rotatable bonds is 5. The van der Waals surface area contributed by atoms with E-state index in [9.17, 15) is 9.59 Å². The van der Waals surface area contributed by atoms with Crippen LogP contribution in [-0.4, -0.2) is 55.9 Å². The van der Waals surface area contributed by atoms with E-state index < -0.39 is 0 Å². The van der Waals surface area contributed by atoms with E-state index >= 15 is 0 Å². The van der Waals surface area contributed by atoms with Crippen molar-refractivity contribution >= 4 is 17.4 Å². The molecule has 124 valence electrons. The van der Waals surface area contributed by atoms with Crippen LogP contribution >= 0.6 is 0 Å². The molecule has 1 N–H and O–H groups in total. The van der Waals surface area contributed by atoms with Crippen molar-refractivity contribution in [3.8, 4) is 0 Å². The maximum atomic E-state index is 12.4. The van der Waals surface area contributed by atoms with E-state index in [1.165, 1.54) is 0 Å². The third kappa shape index (κ3) is 3.98. The molecule has 2 aliphatic rings. The van der Waals surface area contributed by atoms with Crippen molar-refractivity contribution in [1.82, 2.24) is 10.2 Å². The molecule has 0 radical (unpaired) electrons. The highest BCUT2D eigenvalue weighted by Crippen LogP contribution is 2.27. The maximum absolute atomic E-state index is 12.4. The summed E-state index contributed by atoms with van der Waals surface area (Å²) >= 11 is 0. The molecule has 0 aliphatic carbocycles. The number of anilines is 1. The Labute approximate surface area is 137 Å². The molecule has 23 heavy (non-hydrogen) atoms. The first-order chi connectivity index (χ1) is 11.3. The van der Waals surface area contributed by atoms with Gasteiger partial charge in [0.05, 0.1) is 5.69 Å². The molecule has 0 unspecified atom stereocenters. The SMILES string of the molecule is O=C1CCC(=O)N(CCCCN2CCNCC2)c2ccccc21. The maximum Gasteiger partial charge on any atom is 0.227 e. The van der Waals surface area contributed by atoms with Crippen LogP contribution in [0.4, 0.5) is 5.69 Å². The molecule has 1 aromatic carbocycles. The van der Waals surface area contributed by atoms with Gasteiger partial charge in [0.25, 0.3) is 0 Å². The Hall–Kier alpha value is -1.72. The van der Waals surface area contributed by atoms with Crippen molar-refractivity contribution in [2.24, 2.45) is 0 Å². The molecule has 2 heterocycles. The molecular weight excluding hydrogens is 290 g/mol. The Morgan fingerprint density at radius 2 is 1.70 bits per heavy atom. The second kappa shape index (κ2) is 7.70. The zero-order valence-corrected chi connectivity index (χ0v) is 13.6. The Kier molecular flexibility index (Phi) is 5.41. The first-order valence-corrected chi connectivity index (χ1v) is 8.61. The molecule has 0 bridgehead atoms. The predicted molar refractivity (Wildman–Crippen MR) is 90.9 cm³/mol. The van der Waals surface area contributed by atoms with Crippen LogP contribution in [0, 0.1) is 0 Å². The fourth-order valence-electron chi connectivity index (χ4n) is 3.35. The van der Waals surface area contributed by atoms with Gasteiger partial charge in [-0.3, -0.25) is 9.59 Å². The summed E-state index contributed by atoms with van der Waals surface area (Å²) in [7, 11) is 0. The second-order valence-electron chi connectivity index (χ2n) is 6.28. The largest absolute Gasteiger partial charge is 0.314 e. The summed E-state index contributed by atoms with van der Waals surface area (Å²) in [6.07, 6.45) is 2.70. The summed E-state index contributed by atoms with van der Waals surface area (Å²) in [5.41, 5.74) is 1.49. The number of benzene rings is 1. The highest BCUT2D eigenvalue weighted by molar-refractivity contribution is 6.09. The predicted octanol–water partition coefficient (Wildman–Crippen LogP) is 1.68. The first-order valence-electron chi connectivity index (χ1n) is 8.61. The Bertz CT molecular complexity index is 567. The number of hydrogen-bond donors (Lipinski definition) is 1. The van der Waals surface area contributed by atoms with Gasteiger partial charge < -0.3 is 15.1 Å². The van der Waals surface area contributed by atoms with Crippen LogP contribution < -0.4 is 10.2 Å². The highest BCUT2D eigenvalue weighted by Gasteiger charge is 2.25. The molecule has 5 nitrogen and oxygen atoms in total. The molecule has 1 amide bonds. The molecule has 0 atom stereocenters. The van der Waals surface area contributed by atoms with Gasteiger partial charge >= 0.3 is 0 Å². The van der Waals surface area contributed by atoms with Gasteiger partial charge in [-0.05, 0) is 31.5 Å². The number of amides is 1. The molecule has 0 aromatic heterocycles. The van der Waals surface area contributed by atoms with Crippen LogP contribution in [0.2, 0.25) is 0 Å². The quantitative estimate of drug-likeness (QED) is 0.840. The lowest BCUT2D eigenvalue weighted by Crippen LogP contribution is -2.43. The number of hydrogen-bond acceptors (Lipinski definition) is 4. The van der Waals surface area contributed by atoms with Crippen LogP contribution in [0.3, 0.4) is 0 Å². The van der Waals surface area contributed by atoms with Crippen molar-refractivity contribution in [1.29, 1.82) is 0 Å². The number of fused-ring (bicyclic) bond motifs is 1. The van der Waals surface area contributed by atoms with Gasteiger partial charge in [-0.25, -0.2) is 0 Å². The molecule has 5 heteroatoms. The topological polar surface area (TPSA) is 52.7 Å². The lowest BCUT2D eigenvalue weighted by molar-refractivity contribution is -0.118. The summed E-state index contributed by atoms with van der Waals surface area (Å²) in [5, 5.41) is 3.36. The van der Waals surface area contributed by atoms with E-state index in [0.29, 0.717) is 24.9 Å². The molecule has 1 saturated heterocycles. The number of carbonyl (C=O) groups excluding carboxylic acids is 2. The average molecular weight is 315 g/mol. The van der Waals surface area contributed by atoms with Gasteiger partial charge in [-0.1, -0.05) is 12.1 Å². The van der Waals surface area contributed by atoms with Crippen molar-refractivity contribution in [2.45, 2.75) is 25.7 Å². The van der Waals surface area contributed by atoms with Crippen LogP contribution in [0.5, 0.6) is 0 Å². The monoisotopic (exact) mass is 315 g/mol. The molecule has 1 fully saturated rings. The summed E-state index contributed by atoms with van der Waals surface area (Å²) in [6, 6.07) is 7.50. The number of para-hydroxylation sites is 1. The van der Waals surface area contributed by atoms with Crippen LogP contribution in [0.25, 0.3) is 0 Å². The molecule has 1 aromatic rings. The minimum Gasteiger partial charge on any atom is -0.314 e. The van der Waals surface area contributed by atoms with E-state index in [1.807, 2.05) is 29.2 Å². The third-order valence-corrected chi connectivity index (χ3v) is 4.68. The van der Waals surface area contributed by atoms with Gasteiger partial charge in [0.15, 0.2) is 5.78 Å². The first kappa shape index (κ1) is 16.1. The van der Waals surface area contributed by atoms with E-state index in [1.54, 1.807) is 0 Å². The normalized spacial score (nSPS) is 19.6. The molecule has 2 aliphatic heterocycles. The standard InChI is InChI=1S/C18H25N3O2/c22-17-7-8-18(23)21(16-6-2-1-5-15(16)17)12-4-3-11-20-13-9-19-10-14-20/h1-2,5-6,19H,3-4,7-14H2. The summed E-state index contributed by atoms with van der Waals surface area (Å²) in [4.78, 5) is 28.8. The number of nitrogens with one attached hydrogen (secondary N) is 1. The minimum absolute atomic E-state index is 0.0745. The number of unbranched alkanes of at least 4 members (excludes halogenated alkanes) is 1. The van der Waals surface area contributed by atoms with E-state index in [0.717, 1.165) is 51.3 Å². The summed E-state index contributed by atoms with van der Waals surface area (Å²) in [6.45, 7) is 6.15. The lowest BCUT2D eigenvalue weighted by atomic mass is 10.1. The van der Waals surface area contributed by atoms with Crippen molar-refractivity contribution in [2.75, 3.05) is 44.2 Å². The Morgan fingerprint density at radius 1 is 0.957 bits per heavy atom. The number of nitrogens with zero attached hydrogens (tertiary/aromatic N) is 2. The van der Waals surface area contributed by atoms with Crippen molar-refractivity contribution < 1.29 is 9.59 Å². The van der Waals surface area contributed by atoms with E-state index in [-0.39, 0.29) is 11.7 Å². The highest BCUT2D eigenvalue weighted by atomic mass is 16.2. The van der Waals surface area contributed by atoms with Gasteiger partial charge in [0.1, 0.15) is 0 Å². The zero-order valence-electron chi connectivity index (χ0n) is 13.6. The van der Waals surface area contributed by atoms with Crippen molar-refractivity contribution in [3.63, 3.8) is 0 Å². The summed E-state index contributed by atoms with van der Waals surface area (Å²) in [5.74, 6) is 0.155. The Balaban J connectivity index is 1.58. The number of Topliss-reactive ketones (excluding diaryl/α,β-unsaturated/α-hetero) is 1. The fraction of sp³-hybridized carbons (Fsp3) is 0.556. The summed E-state index contributed by atoms with van der Waals surface area (Å²) < 4.78 is 0. The van der Waals surface area contributed by atoms with Gasteiger partial charge in [0.2, 0.25) is 5.91 Å². The molecule has 0 spiro atoms. The lowest BCUT2D eigenvalue weighted by Gasteiger charge is -2.28. The minimum atomic E-state index is 0.0745. The van der Waals surface area contributed by atoms with Crippen molar-refractivity contribution in [3.05, 3.63) is 29.8 Å². The van der Waals surface area contributed by atoms with Gasteiger partial charge in [-0.15, -0.1) is 0 Å². The number of piperazine rings is 1. The van der Waals surface area contributed by atoms with Crippen LogP contribution in [0.1, 0.15) is 36.0 Å². The average Bonchev–Trinajstić information content (AvgIpc) is 2.71. The third-order valence-electron chi connectivity index (χ3n) is 4.68. The van der Waals surface area contributed by atoms with Gasteiger partial charge in [0, 0.05) is 51.1 Å². The molecule has 3 rings (SSSR count). The van der Waals surface area contributed by atoms with Crippen LogP contribution in [-0.2, 0) is 4.79 Å². The number of carbonyl (C=O) groups is 2. The zero-order chi connectivity index (χ0) is 16.1. The fourth-order valence-corrected chi connectivity index (χ4v) is 3.35.